The lowest BCUT2D eigenvalue weighted by molar-refractivity contribution is 0.289. The molecule has 0 amide bonds. The molecule has 3 fully saturated rings. The third-order valence-electron chi connectivity index (χ3n) is 6.12. The zero-order valence-corrected chi connectivity index (χ0v) is 15.0. The van der Waals surface area contributed by atoms with Gasteiger partial charge in [0.1, 0.15) is 0 Å². The molecule has 1 spiro atoms. The van der Waals surface area contributed by atoms with E-state index >= 15 is 0 Å². The fourth-order valence-electron chi connectivity index (χ4n) is 4.82. The van der Waals surface area contributed by atoms with Gasteiger partial charge in [0.25, 0.3) is 0 Å². The van der Waals surface area contributed by atoms with Gasteiger partial charge in [-0.25, -0.2) is 0 Å². The molecule has 0 nitrogen and oxygen atoms in total. The average molecular weight is 313 g/mol. The number of hydrogen-bond donors (Lipinski definition) is 0. The van der Waals surface area contributed by atoms with E-state index in [2.05, 4.69) is 35.4 Å². The first-order chi connectivity index (χ1) is 9.67. The molecule has 2 saturated carbocycles. The van der Waals surface area contributed by atoms with Crippen LogP contribution in [0.2, 0.25) is 0 Å². The van der Waals surface area contributed by atoms with E-state index in [9.17, 15) is 0 Å². The van der Waals surface area contributed by atoms with Gasteiger partial charge < -0.3 is 0 Å². The minimum absolute atomic E-state index is 0.647. The Labute approximate surface area is 134 Å². The highest BCUT2D eigenvalue weighted by Gasteiger charge is 2.38. The molecule has 5 atom stereocenters. The minimum Gasteiger partial charge on any atom is -0.0899 e. The Bertz CT molecular complexity index is 317. The van der Waals surface area contributed by atoms with Gasteiger partial charge in [0.15, 0.2) is 0 Å². The van der Waals surface area contributed by atoms with E-state index in [1.165, 1.54) is 70.6 Å². The Morgan fingerprint density at radius 1 is 0.900 bits per heavy atom. The second-order valence-corrected chi connectivity index (χ2v) is 10.9. The van der Waals surface area contributed by atoms with Crippen molar-refractivity contribution >= 4 is 21.6 Å². The predicted molar refractivity (Wildman–Crippen MR) is 94.3 cm³/mol. The van der Waals surface area contributed by atoms with E-state index in [0.29, 0.717) is 4.75 Å². The summed E-state index contributed by atoms with van der Waals surface area (Å²) in [6, 6.07) is 0. The first kappa shape index (κ1) is 15.6. The van der Waals surface area contributed by atoms with Crippen LogP contribution in [0.5, 0.6) is 0 Å². The van der Waals surface area contributed by atoms with Crippen LogP contribution in [0.15, 0.2) is 0 Å². The third-order valence-corrected chi connectivity index (χ3v) is 10.1. The van der Waals surface area contributed by atoms with Gasteiger partial charge in [-0.05, 0) is 49.9 Å². The summed E-state index contributed by atoms with van der Waals surface area (Å²) >= 11 is 0. The van der Waals surface area contributed by atoms with Gasteiger partial charge in [-0.15, -0.1) is 0 Å². The summed E-state index contributed by atoms with van der Waals surface area (Å²) in [7, 11) is 4.65. The van der Waals surface area contributed by atoms with Gasteiger partial charge in [0.2, 0.25) is 0 Å². The van der Waals surface area contributed by atoms with Crippen LogP contribution in [0.3, 0.4) is 0 Å². The lowest BCUT2D eigenvalue weighted by atomic mass is 9.78. The van der Waals surface area contributed by atoms with E-state index < -0.39 is 0 Å². The number of fused-ring (bicyclic) bond motifs is 2. The largest absolute Gasteiger partial charge is 0.0899 e. The van der Waals surface area contributed by atoms with Gasteiger partial charge in [0.05, 0.1) is 0 Å². The maximum Gasteiger partial charge on any atom is 0.0266 e. The minimum atomic E-state index is 0.647. The molecule has 116 valence electrons. The topological polar surface area (TPSA) is 0 Å². The van der Waals surface area contributed by atoms with E-state index in [0.717, 1.165) is 23.0 Å². The fourth-order valence-corrected chi connectivity index (χ4v) is 9.13. The van der Waals surface area contributed by atoms with Crippen LogP contribution in [0, 0.1) is 17.8 Å². The van der Waals surface area contributed by atoms with Crippen LogP contribution in [0.4, 0.5) is 0 Å². The molecule has 0 aromatic heterocycles. The van der Waals surface area contributed by atoms with Gasteiger partial charge >= 0.3 is 0 Å². The standard InChI is InChI=1S/C18H32S2/c1-14-6-4-10-18(13-14)11-5-9-16-8-3-7-15(2)17(12-16)19-20-18/h14-17H,3-13H2,1-2H3. The smallest absolute Gasteiger partial charge is 0.0266 e. The van der Waals surface area contributed by atoms with Crippen LogP contribution in [0.1, 0.15) is 84.5 Å². The van der Waals surface area contributed by atoms with Crippen LogP contribution in [0.25, 0.3) is 0 Å². The third kappa shape index (κ3) is 3.72. The van der Waals surface area contributed by atoms with Gasteiger partial charge in [-0.2, -0.15) is 0 Å². The molecule has 2 heteroatoms. The molecule has 0 radical (unpaired) electrons. The molecule has 0 aromatic rings. The Kier molecular flexibility index (Phi) is 5.34. The van der Waals surface area contributed by atoms with E-state index in [1.54, 1.807) is 0 Å². The van der Waals surface area contributed by atoms with Crippen LogP contribution in [-0.2, 0) is 0 Å². The Morgan fingerprint density at radius 2 is 1.65 bits per heavy atom. The second-order valence-electron chi connectivity index (χ2n) is 8.00. The summed E-state index contributed by atoms with van der Waals surface area (Å²) in [5, 5.41) is 0.944. The molecule has 20 heavy (non-hydrogen) atoms. The summed E-state index contributed by atoms with van der Waals surface area (Å²) in [6.07, 6.45) is 16.5. The summed E-state index contributed by atoms with van der Waals surface area (Å²) in [5.74, 6) is 2.97. The summed E-state index contributed by atoms with van der Waals surface area (Å²) < 4.78 is 0.647. The molecule has 1 saturated heterocycles. The summed E-state index contributed by atoms with van der Waals surface area (Å²) in [5.41, 5.74) is 0. The van der Waals surface area contributed by atoms with Crippen LogP contribution < -0.4 is 0 Å². The first-order valence-electron chi connectivity index (χ1n) is 9.01. The van der Waals surface area contributed by atoms with Crippen molar-refractivity contribution in [2.75, 3.05) is 0 Å². The molecular weight excluding hydrogens is 280 g/mol. The molecule has 0 aromatic carbocycles. The number of hydrogen-bond acceptors (Lipinski definition) is 2. The van der Waals surface area contributed by atoms with Gasteiger partial charge in [0, 0.05) is 10.00 Å². The van der Waals surface area contributed by atoms with E-state index in [1.807, 2.05) is 0 Å². The normalized spacial score (nSPS) is 47.1. The van der Waals surface area contributed by atoms with E-state index in [4.69, 9.17) is 0 Å². The molecule has 3 rings (SSSR count). The van der Waals surface area contributed by atoms with E-state index in [-0.39, 0.29) is 0 Å². The average Bonchev–Trinajstić information content (AvgIpc) is 2.53. The fraction of sp³-hybridized carbons (Fsp3) is 1.00. The van der Waals surface area contributed by atoms with Crippen molar-refractivity contribution < 1.29 is 0 Å². The second kappa shape index (κ2) is 6.86. The summed E-state index contributed by atoms with van der Waals surface area (Å²) in [6.45, 7) is 5.01. The molecule has 5 unspecified atom stereocenters. The molecule has 3 aliphatic rings. The molecule has 1 aliphatic heterocycles. The maximum atomic E-state index is 2.52. The Morgan fingerprint density at radius 3 is 2.45 bits per heavy atom. The lowest BCUT2D eigenvalue weighted by Crippen LogP contribution is -2.31. The van der Waals surface area contributed by atoms with Crippen molar-refractivity contribution in [1.29, 1.82) is 0 Å². The predicted octanol–water partition coefficient (Wildman–Crippen LogP) is 6.70. The van der Waals surface area contributed by atoms with Crippen LogP contribution in [-0.4, -0.2) is 10.00 Å². The SMILES string of the molecule is CC1CCCC2(CCCC3CCCC(C)C(C3)SS2)C1. The Hall–Kier alpha value is 0.700. The maximum absolute atomic E-state index is 2.52. The molecule has 0 N–H and O–H groups in total. The molecule has 1 heterocycles. The Balaban J connectivity index is 1.71. The van der Waals surface area contributed by atoms with Crippen molar-refractivity contribution in [1.82, 2.24) is 0 Å². The van der Waals surface area contributed by atoms with Crippen LogP contribution >= 0.6 is 21.6 Å². The van der Waals surface area contributed by atoms with Gasteiger partial charge in [-0.3, -0.25) is 0 Å². The molecule has 2 bridgehead atoms. The lowest BCUT2D eigenvalue weighted by Gasteiger charge is -2.40. The quantitative estimate of drug-likeness (QED) is 0.457. The zero-order valence-electron chi connectivity index (χ0n) is 13.4. The van der Waals surface area contributed by atoms with Crippen molar-refractivity contribution in [3.05, 3.63) is 0 Å². The highest BCUT2D eigenvalue weighted by molar-refractivity contribution is 8.77. The first-order valence-corrected chi connectivity index (χ1v) is 11.2. The monoisotopic (exact) mass is 312 g/mol. The molecule has 2 aliphatic carbocycles. The summed E-state index contributed by atoms with van der Waals surface area (Å²) in [4.78, 5) is 0. The van der Waals surface area contributed by atoms with Crippen molar-refractivity contribution in [3.63, 3.8) is 0 Å². The molecular formula is C18H32S2. The van der Waals surface area contributed by atoms with Crippen molar-refractivity contribution in [3.8, 4) is 0 Å². The van der Waals surface area contributed by atoms with Crippen molar-refractivity contribution in [2.24, 2.45) is 17.8 Å². The van der Waals surface area contributed by atoms with Crippen molar-refractivity contribution in [2.45, 2.75) is 94.5 Å². The highest BCUT2D eigenvalue weighted by Crippen LogP contribution is 2.55. The zero-order chi connectivity index (χ0) is 14.0. The van der Waals surface area contributed by atoms with Gasteiger partial charge in [-0.1, -0.05) is 74.0 Å². The number of rotatable bonds is 0. The highest BCUT2D eigenvalue weighted by atomic mass is 33.1.